The van der Waals surface area contributed by atoms with Crippen LogP contribution in [0.1, 0.15) is 52.4 Å². The monoisotopic (exact) mass is 232 g/mol. The zero-order valence-electron chi connectivity index (χ0n) is 8.41. The van der Waals surface area contributed by atoms with Gasteiger partial charge in [-0.2, -0.15) is 0 Å². The Bertz CT molecular complexity index is 127. The van der Waals surface area contributed by atoms with Crippen LogP contribution in [0.25, 0.3) is 0 Å². The van der Waals surface area contributed by atoms with Crippen molar-refractivity contribution >= 4 is 15.9 Å². The van der Waals surface area contributed by atoms with Gasteiger partial charge in [0.25, 0.3) is 0 Å². The van der Waals surface area contributed by atoms with Crippen LogP contribution in [0.2, 0.25) is 0 Å². The summed E-state index contributed by atoms with van der Waals surface area (Å²) in [7, 11) is 0. The summed E-state index contributed by atoms with van der Waals surface area (Å²) < 4.78 is 0. The number of hydrogen-bond acceptors (Lipinski definition) is 0. The van der Waals surface area contributed by atoms with Crippen LogP contribution in [-0.2, 0) is 0 Å². The molecule has 1 rings (SSSR count). The van der Waals surface area contributed by atoms with Gasteiger partial charge in [0, 0.05) is 5.33 Å². The van der Waals surface area contributed by atoms with Gasteiger partial charge < -0.3 is 0 Å². The first-order chi connectivity index (χ1) is 5.79. The average molecular weight is 233 g/mol. The largest absolute Gasteiger partial charge is 0.0925 e. The van der Waals surface area contributed by atoms with Crippen molar-refractivity contribution in [2.24, 2.45) is 11.3 Å². The molecular weight excluding hydrogens is 212 g/mol. The summed E-state index contributed by atoms with van der Waals surface area (Å²) in [5.41, 5.74) is 0.682. The van der Waals surface area contributed by atoms with Gasteiger partial charge in [0.1, 0.15) is 0 Å². The minimum Gasteiger partial charge on any atom is -0.0925 e. The minimum atomic E-state index is 0.682. The van der Waals surface area contributed by atoms with E-state index < -0.39 is 0 Å². The fraction of sp³-hybridized carbons (Fsp3) is 1.00. The summed E-state index contributed by atoms with van der Waals surface area (Å²) in [4.78, 5) is 0. The third-order valence-electron chi connectivity index (χ3n) is 3.94. The molecule has 1 unspecified atom stereocenters. The van der Waals surface area contributed by atoms with Crippen LogP contribution in [0.4, 0.5) is 0 Å². The van der Waals surface area contributed by atoms with Gasteiger partial charge in [0.2, 0.25) is 0 Å². The normalized spacial score (nSPS) is 28.8. The van der Waals surface area contributed by atoms with E-state index in [0.717, 1.165) is 5.92 Å². The molecule has 0 aromatic heterocycles. The van der Waals surface area contributed by atoms with Gasteiger partial charge in [-0.15, -0.1) is 0 Å². The lowest BCUT2D eigenvalue weighted by Gasteiger charge is -2.42. The number of hydrogen-bond donors (Lipinski definition) is 0. The molecule has 0 amide bonds. The third kappa shape index (κ3) is 1.86. The van der Waals surface area contributed by atoms with Crippen molar-refractivity contribution in [3.8, 4) is 0 Å². The topological polar surface area (TPSA) is 0 Å². The molecule has 0 saturated heterocycles. The van der Waals surface area contributed by atoms with E-state index in [4.69, 9.17) is 0 Å². The van der Waals surface area contributed by atoms with Gasteiger partial charge in [-0.05, 0) is 24.2 Å². The molecule has 0 bridgehead atoms. The standard InChI is InChI=1S/C11H21Br/c1-3-11(4-2)8-6-5-7-10(11)9-12/h10H,3-9H2,1-2H3. The third-order valence-corrected chi connectivity index (χ3v) is 4.72. The zero-order valence-corrected chi connectivity index (χ0v) is 9.99. The Kier molecular flexibility index (Phi) is 4.09. The molecule has 1 saturated carbocycles. The van der Waals surface area contributed by atoms with Gasteiger partial charge >= 0.3 is 0 Å². The van der Waals surface area contributed by atoms with Crippen LogP contribution in [0.15, 0.2) is 0 Å². The van der Waals surface area contributed by atoms with Crippen molar-refractivity contribution in [3.05, 3.63) is 0 Å². The second-order valence-electron chi connectivity index (χ2n) is 4.17. The van der Waals surface area contributed by atoms with Crippen molar-refractivity contribution in [2.75, 3.05) is 5.33 Å². The van der Waals surface area contributed by atoms with Gasteiger partial charge in [0.15, 0.2) is 0 Å². The summed E-state index contributed by atoms with van der Waals surface area (Å²) in [6.45, 7) is 4.73. The van der Waals surface area contributed by atoms with Gasteiger partial charge in [0.05, 0.1) is 0 Å². The second kappa shape index (κ2) is 4.64. The first-order valence-corrected chi connectivity index (χ1v) is 6.47. The maximum absolute atomic E-state index is 3.67. The summed E-state index contributed by atoms with van der Waals surface area (Å²) in [5, 5.41) is 1.22. The maximum Gasteiger partial charge on any atom is 0.00649 e. The Morgan fingerprint density at radius 2 is 1.92 bits per heavy atom. The van der Waals surface area contributed by atoms with E-state index in [1.165, 1.54) is 43.9 Å². The lowest BCUT2D eigenvalue weighted by molar-refractivity contribution is 0.100. The van der Waals surface area contributed by atoms with Crippen molar-refractivity contribution in [1.29, 1.82) is 0 Å². The highest BCUT2D eigenvalue weighted by atomic mass is 79.9. The van der Waals surface area contributed by atoms with Crippen molar-refractivity contribution in [3.63, 3.8) is 0 Å². The molecule has 1 atom stereocenters. The van der Waals surface area contributed by atoms with E-state index >= 15 is 0 Å². The summed E-state index contributed by atoms with van der Waals surface area (Å²) in [5.74, 6) is 0.946. The summed E-state index contributed by atoms with van der Waals surface area (Å²) >= 11 is 3.67. The number of halogens is 1. The van der Waals surface area contributed by atoms with Gasteiger partial charge in [-0.3, -0.25) is 0 Å². The van der Waals surface area contributed by atoms with E-state index in [0.29, 0.717) is 5.41 Å². The molecule has 0 nitrogen and oxygen atoms in total. The molecule has 72 valence electrons. The first-order valence-electron chi connectivity index (χ1n) is 5.35. The number of rotatable bonds is 3. The molecule has 1 heteroatoms. The van der Waals surface area contributed by atoms with Crippen LogP contribution < -0.4 is 0 Å². The fourth-order valence-electron chi connectivity index (χ4n) is 2.80. The molecule has 0 spiro atoms. The Morgan fingerprint density at radius 3 is 2.33 bits per heavy atom. The summed E-state index contributed by atoms with van der Waals surface area (Å²) in [6.07, 6.45) is 8.59. The minimum absolute atomic E-state index is 0.682. The smallest absolute Gasteiger partial charge is 0.00649 e. The quantitative estimate of drug-likeness (QED) is 0.634. The molecule has 1 aliphatic carbocycles. The predicted octanol–water partition coefficient (Wildman–Crippen LogP) is 4.38. The Hall–Kier alpha value is 0.480. The highest BCUT2D eigenvalue weighted by Gasteiger charge is 2.36. The lowest BCUT2D eigenvalue weighted by atomic mass is 9.64. The predicted molar refractivity (Wildman–Crippen MR) is 58.8 cm³/mol. The van der Waals surface area contributed by atoms with Crippen LogP contribution in [0, 0.1) is 11.3 Å². The molecule has 12 heavy (non-hydrogen) atoms. The van der Waals surface area contributed by atoms with Crippen LogP contribution in [-0.4, -0.2) is 5.33 Å². The Labute approximate surface area is 85.3 Å². The zero-order chi connectivity index (χ0) is 9.03. The van der Waals surface area contributed by atoms with Crippen molar-refractivity contribution < 1.29 is 0 Å². The highest BCUT2D eigenvalue weighted by Crippen LogP contribution is 2.46. The van der Waals surface area contributed by atoms with E-state index in [-0.39, 0.29) is 0 Å². The van der Waals surface area contributed by atoms with Crippen LogP contribution >= 0.6 is 15.9 Å². The maximum atomic E-state index is 3.67. The fourth-order valence-corrected chi connectivity index (χ4v) is 3.81. The van der Waals surface area contributed by atoms with Crippen LogP contribution in [0.5, 0.6) is 0 Å². The first kappa shape index (κ1) is 10.6. The Morgan fingerprint density at radius 1 is 1.25 bits per heavy atom. The average Bonchev–Trinajstić information content (AvgIpc) is 2.17. The molecule has 0 aromatic carbocycles. The van der Waals surface area contributed by atoms with E-state index in [1.54, 1.807) is 0 Å². The number of alkyl halides is 1. The van der Waals surface area contributed by atoms with E-state index in [1.807, 2.05) is 0 Å². The molecular formula is C11H21Br. The molecule has 1 fully saturated rings. The molecule has 0 N–H and O–H groups in total. The SMILES string of the molecule is CCC1(CC)CCCCC1CBr. The molecule has 0 heterocycles. The Balaban J connectivity index is 2.66. The van der Waals surface area contributed by atoms with Gasteiger partial charge in [-0.1, -0.05) is 55.5 Å². The molecule has 0 aliphatic heterocycles. The van der Waals surface area contributed by atoms with E-state index in [9.17, 15) is 0 Å². The summed E-state index contributed by atoms with van der Waals surface area (Å²) in [6, 6.07) is 0. The van der Waals surface area contributed by atoms with Crippen molar-refractivity contribution in [1.82, 2.24) is 0 Å². The van der Waals surface area contributed by atoms with E-state index in [2.05, 4.69) is 29.8 Å². The molecule has 1 aliphatic rings. The highest BCUT2D eigenvalue weighted by molar-refractivity contribution is 9.09. The van der Waals surface area contributed by atoms with Crippen molar-refractivity contribution in [2.45, 2.75) is 52.4 Å². The van der Waals surface area contributed by atoms with Crippen LogP contribution in [0.3, 0.4) is 0 Å². The van der Waals surface area contributed by atoms with Gasteiger partial charge in [-0.25, -0.2) is 0 Å². The molecule has 0 radical (unpaired) electrons. The second-order valence-corrected chi connectivity index (χ2v) is 4.81. The molecule has 0 aromatic rings. The lowest BCUT2D eigenvalue weighted by Crippen LogP contribution is -2.33.